The minimum absolute atomic E-state index is 0.0910. The van der Waals surface area contributed by atoms with Crippen molar-refractivity contribution in [1.29, 1.82) is 0 Å². The highest BCUT2D eigenvalue weighted by Gasteiger charge is 2.30. The Hall–Kier alpha value is -4.08. The third kappa shape index (κ3) is 4.96. The molecule has 0 saturated carbocycles. The number of fused-ring (bicyclic) bond motifs is 1. The number of carbonyl (C=O) groups excluding carboxylic acids is 2. The Balaban J connectivity index is 1.53. The molecule has 0 radical (unpaired) electrons. The van der Waals surface area contributed by atoms with Crippen LogP contribution in [0.1, 0.15) is 22.0 Å². The molecule has 2 amide bonds. The van der Waals surface area contributed by atoms with Gasteiger partial charge in [0.2, 0.25) is 5.91 Å². The van der Waals surface area contributed by atoms with E-state index >= 15 is 0 Å². The van der Waals surface area contributed by atoms with Gasteiger partial charge in [-0.3, -0.25) is 19.5 Å². The Kier molecular flexibility index (Phi) is 6.98. The second-order valence-corrected chi connectivity index (χ2v) is 9.27. The molecule has 9 heteroatoms. The van der Waals surface area contributed by atoms with Gasteiger partial charge in [0.05, 0.1) is 22.8 Å². The number of imidazole rings is 1. The number of nitrogens with one attached hydrogen (secondary N) is 1. The summed E-state index contributed by atoms with van der Waals surface area (Å²) in [4.78, 5) is 39.4. The first-order chi connectivity index (χ1) is 18.0. The number of benzene rings is 2. The van der Waals surface area contributed by atoms with Crippen molar-refractivity contribution >= 4 is 28.5 Å². The van der Waals surface area contributed by atoms with E-state index in [1.165, 1.54) is 12.7 Å². The zero-order valence-corrected chi connectivity index (χ0v) is 21.2. The zero-order valence-electron chi connectivity index (χ0n) is 21.2. The van der Waals surface area contributed by atoms with E-state index in [9.17, 15) is 9.59 Å². The summed E-state index contributed by atoms with van der Waals surface area (Å²) in [5.41, 5.74) is 4.35. The normalized spacial score (nSPS) is 16.2. The van der Waals surface area contributed by atoms with E-state index in [2.05, 4.69) is 34.4 Å². The number of aryl methyl sites for hydroxylation is 1. The third-order valence-electron chi connectivity index (χ3n) is 6.81. The Morgan fingerprint density at radius 1 is 1.08 bits per heavy atom. The van der Waals surface area contributed by atoms with Crippen molar-refractivity contribution < 1.29 is 14.3 Å². The molecule has 37 heavy (non-hydrogen) atoms. The molecule has 9 nitrogen and oxygen atoms in total. The fraction of sp³-hybridized carbons (Fsp3) is 0.286. The smallest absolute Gasteiger partial charge is 0.254 e. The number of rotatable bonds is 6. The van der Waals surface area contributed by atoms with E-state index in [4.69, 9.17) is 9.72 Å². The van der Waals surface area contributed by atoms with Crippen molar-refractivity contribution in [3.8, 4) is 11.4 Å². The number of piperazine rings is 1. The van der Waals surface area contributed by atoms with Crippen molar-refractivity contribution in [2.75, 3.05) is 45.7 Å². The summed E-state index contributed by atoms with van der Waals surface area (Å²) >= 11 is 0. The largest absolute Gasteiger partial charge is 0.375 e. The minimum Gasteiger partial charge on any atom is -0.375 e. The van der Waals surface area contributed by atoms with Crippen LogP contribution in [-0.4, -0.2) is 76.5 Å². The highest BCUT2D eigenvalue weighted by molar-refractivity contribution is 6.06. The predicted molar refractivity (Wildman–Crippen MR) is 142 cm³/mol. The molecule has 2 aromatic carbocycles. The van der Waals surface area contributed by atoms with Crippen LogP contribution in [0.5, 0.6) is 0 Å². The van der Waals surface area contributed by atoms with E-state index in [1.54, 1.807) is 24.5 Å². The van der Waals surface area contributed by atoms with Crippen LogP contribution in [0.15, 0.2) is 67.0 Å². The summed E-state index contributed by atoms with van der Waals surface area (Å²) in [6.07, 6.45) is 3.45. The molecule has 1 N–H and O–H groups in total. The molecule has 1 aliphatic rings. The van der Waals surface area contributed by atoms with Gasteiger partial charge in [0, 0.05) is 57.3 Å². The van der Waals surface area contributed by atoms with E-state index in [0.29, 0.717) is 35.7 Å². The highest BCUT2D eigenvalue weighted by atomic mass is 16.5. The quantitative estimate of drug-likeness (QED) is 0.438. The Labute approximate surface area is 215 Å². The molecule has 1 atom stereocenters. The number of hydrogen-bond donors (Lipinski definition) is 1. The lowest BCUT2D eigenvalue weighted by molar-refractivity contribution is -0.119. The number of nitrogens with zero attached hydrogens (tertiary/aromatic N) is 5. The molecule has 4 aromatic rings. The van der Waals surface area contributed by atoms with E-state index in [-0.39, 0.29) is 24.5 Å². The van der Waals surface area contributed by atoms with Crippen LogP contribution in [0, 0.1) is 0 Å². The summed E-state index contributed by atoms with van der Waals surface area (Å²) in [5, 5.41) is 2.91. The first kappa shape index (κ1) is 24.6. The first-order valence-corrected chi connectivity index (χ1v) is 12.2. The zero-order chi connectivity index (χ0) is 25.9. The lowest BCUT2D eigenvalue weighted by Crippen LogP contribution is -2.49. The van der Waals surface area contributed by atoms with Crippen LogP contribution in [0.2, 0.25) is 0 Å². The maximum Gasteiger partial charge on any atom is 0.254 e. The molecule has 0 spiro atoms. The second-order valence-electron chi connectivity index (χ2n) is 9.27. The molecule has 1 aliphatic heterocycles. The van der Waals surface area contributed by atoms with Crippen LogP contribution in [0.25, 0.3) is 22.4 Å². The number of pyridine rings is 1. The van der Waals surface area contributed by atoms with Gasteiger partial charge in [0.1, 0.15) is 12.4 Å². The average Bonchev–Trinajstić information content (AvgIpc) is 3.26. The van der Waals surface area contributed by atoms with Gasteiger partial charge in [-0.25, -0.2) is 4.98 Å². The third-order valence-corrected chi connectivity index (χ3v) is 6.81. The average molecular weight is 499 g/mol. The molecule has 5 rings (SSSR count). The van der Waals surface area contributed by atoms with Crippen molar-refractivity contribution in [3.63, 3.8) is 0 Å². The minimum atomic E-state index is -0.304. The first-order valence-electron chi connectivity index (χ1n) is 12.2. The van der Waals surface area contributed by atoms with Crippen LogP contribution < -0.4 is 5.32 Å². The van der Waals surface area contributed by atoms with Crippen LogP contribution >= 0.6 is 0 Å². The molecule has 0 aliphatic carbocycles. The number of amides is 2. The topological polar surface area (TPSA) is 92.6 Å². The maximum atomic E-state index is 13.8. The number of anilines is 1. The molecular formula is C28H30N6O3. The molecule has 190 valence electrons. The standard InChI is InChI=1S/C28H30N6O3/c1-32-12-13-34(17-24(32)19-8-5-4-6-9-19)28(36)21-14-22(30-25(35)18-37-3)26-23(15-21)31-27(33(26)2)20-10-7-11-29-16-20/h4-11,14-16,24H,12-13,17-18H2,1-3H3,(H,30,35). The molecule has 0 bridgehead atoms. The van der Waals surface area contributed by atoms with Gasteiger partial charge in [-0.2, -0.15) is 0 Å². The van der Waals surface area contributed by atoms with Crippen LogP contribution in [0.3, 0.4) is 0 Å². The molecule has 1 fully saturated rings. The molecule has 1 saturated heterocycles. The highest BCUT2D eigenvalue weighted by Crippen LogP contribution is 2.31. The summed E-state index contributed by atoms with van der Waals surface area (Å²) in [5.74, 6) is 0.298. The maximum absolute atomic E-state index is 13.8. The van der Waals surface area contributed by atoms with Crippen molar-refractivity contribution in [2.24, 2.45) is 7.05 Å². The monoisotopic (exact) mass is 498 g/mol. The lowest BCUT2D eigenvalue weighted by Gasteiger charge is -2.39. The van der Waals surface area contributed by atoms with Crippen molar-refractivity contribution in [2.45, 2.75) is 6.04 Å². The van der Waals surface area contributed by atoms with Gasteiger partial charge in [0.15, 0.2) is 0 Å². The summed E-state index contributed by atoms with van der Waals surface area (Å²) in [6.45, 7) is 1.86. The number of aromatic nitrogens is 3. The number of ether oxygens (including phenoxy) is 1. The number of likely N-dealkylation sites (N-methyl/N-ethyl adjacent to an activating group) is 1. The van der Waals surface area contributed by atoms with Gasteiger partial charge < -0.3 is 19.5 Å². The van der Waals surface area contributed by atoms with E-state index in [1.807, 2.05) is 46.8 Å². The van der Waals surface area contributed by atoms with Gasteiger partial charge in [-0.05, 0) is 36.9 Å². The Bertz CT molecular complexity index is 1420. The van der Waals surface area contributed by atoms with E-state index < -0.39 is 0 Å². The second kappa shape index (κ2) is 10.5. The van der Waals surface area contributed by atoms with Crippen LogP contribution in [-0.2, 0) is 16.6 Å². The van der Waals surface area contributed by atoms with E-state index in [0.717, 1.165) is 17.6 Å². The van der Waals surface area contributed by atoms with Gasteiger partial charge >= 0.3 is 0 Å². The predicted octanol–water partition coefficient (Wildman–Crippen LogP) is 3.35. The van der Waals surface area contributed by atoms with Gasteiger partial charge in [-0.1, -0.05) is 30.3 Å². The summed E-state index contributed by atoms with van der Waals surface area (Å²) in [6, 6.07) is 17.7. The summed E-state index contributed by atoms with van der Waals surface area (Å²) < 4.78 is 6.91. The number of hydrogen-bond acceptors (Lipinski definition) is 6. The molecule has 3 heterocycles. The Morgan fingerprint density at radius 2 is 1.89 bits per heavy atom. The molecular weight excluding hydrogens is 468 g/mol. The number of methoxy groups -OCH3 is 1. The van der Waals surface area contributed by atoms with Gasteiger partial charge in [-0.15, -0.1) is 0 Å². The summed E-state index contributed by atoms with van der Waals surface area (Å²) in [7, 11) is 5.44. The van der Waals surface area contributed by atoms with Crippen molar-refractivity contribution in [3.05, 3.63) is 78.1 Å². The SMILES string of the molecule is COCC(=O)Nc1cc(C(=O)N2CCN(C)C(c3ccccc3)C2)cc2nc(-c3cccnc3)n(C)c12. The van der Waals surface area contributed by atoms with Crippen molar-refractivity contribution in [1.82, 2.24) is 24.3 Å². The van der Waals surface area contributed by atoms with Crippen LogP contribution in [0.4, 0.5) is 5.69 Å². The fourth-order valence-corrected chi connectivity index (χ4v) is 4.92. The Morgan fingerprint density at radius 3 is 2.62 bits per heavy atom. The fourth-order valence-electron chi connectivity index (χ4n) is 4.92. The number of carbonyl (C=O) groups is 2. The lowest BCUT2D eigenvalue weighted by atomic mass is 10.0. The molecule has 2 aromatic heterocycles. The molecule has 1 unspecified atom stereocenters. The van der Waals surface area contributed by atoms with Gasteiger partial charge in [0.25, 0.3) is 5.91 Å².